The molecule has 8 nitrogen and oxygen atoms in total. The molecule has 0 saturated carbocycles. The van der Waals surface area contributed by atoms with Crippen LogP contribution in [0.4, 0.5) is 8.78 Å². The van der Waals surface area contributed by atoms with Crippen molar-refractivity contribution in [2.75, 3.05) is 6.54 Å². The molecule has 3 aromatic heterocycles. The number of hydrogen-bond acceptors (Lipinski definition) is 5. The fraction of sp³-hybridized carbons (Fsp3) is 0.524. The molecule has 166 valence electrons. The summed E-state index contributed by atoms with van der Waals surface area (Å²) in [5, 5.41) is 7.11. The first kappa shape index (κ1) is 21.2. The predicted molar refractivity (Wildman–Crippen MR) is 111 cm³/mol. The minimum Gasteiger partial charge on any atom is -0.472 e. The molecule has 3 aromatic rings. The van der Waals surface area contributed by atoms with Gasteiger partial charge >= 0.3 is 0 Å². The first-order valence-electron chi connectivity index (χ1n) is 10.2. The number of rotatable bonds is 6. The lowest BCUT2D eigenvalue weighted by Gasteiger charge is -2.23. The monoisotopic (exact) mass is 432 g/mol. The highest BCUT2D eigenvalue weighted by Gasteiger charge is 2.34. The molecule has 4 rings (SSSR count). The van der Waals surface area contributed by atoms with Crippen molar-refractivity contribution in [3.63, 3.8) is 0 Å². The summed E-state index contributed by atoms with van der Waals surface area (Å²) in [4.78, 5) is 20.7. The maximum atomic E-state index is 13.3. The van der Waals surface area contributed by atoms with Crippen molar-refractivity contribution >= 4 is 16.9 Å². The summed E-state index contributed by atoms with van der Waals surface area (Å²) in [6.07, 6.45) is 1.49. The molecule has 1 fully saturated rings. The Labute approximate surface area is 178 Å². The van der Waals surface area contributed by atoms with Crippen molar-refractivity contribution in [1.29, 1.82) is 0 Å². The molecule has 0 aliphatic carbocycles. The van der Waals surface area contributed by atoms with Crippen molar-refractivity contribution < 1.29 is 18.3 Å². The highest BCUT2D eigenvalue weighted by atomic mass is 19.3. The summed E-state index contributed by atoms with van der Waals surface area (Å²) in [6, 6.07) is 1.83. The predicted octanol–water partition coefficient (Wildman–Crippen LogP) is 3.13. The summed E-state index contributed by atoms with van der Waals surface area (Å²) < 4.78 is 36.2. The largest absolute Gasteiger partial charge is 0.472 e. The molecule has 0 radical (unpaired) electrons. The number of aromatic nitrogens is 5. The molecule has 1 aliphatic rings. The van der Waals surface area contributed by atoms with Crippen LogP contribution < -0.4 is 10.1 Å². The van der Waals surface area contributed by atoms with E-state index in [1.807, 2.05) is 37.7 Å². The second-order valence-corrected chi connectivity index (χ2v) is 8.93. The Hall–Kier alpha value is -3.04. The van der Waals surface area contributed by atoms with Gasteiger partial charge in [-0.1, -0.05) is 0 Å². The number of imidazole rings is 1. The van der Waals surface area contributed by atoms with Gasteiger partial charge in [0.15, 0.2) is 0 Å². The van der Waals surface area contributed by atoms with Crippen LogP contribution in [0.25, 0.3) is 22.3 Å². The van der Waals surface area contributed by atoms with Crippen LogP contribution in [-0.4, -0.2) is 49.3 Å². The standard InChI is InChI=1S/C21H26F2N6O2/c1-21(2,3)29-10-13(9-26-29)14-6-15-19(28(4)11-25-15)20(27-14)31-16(7-17(22)23)12-5-18(30)24-8-12/h6,9-12,16-17H,5,7-8H2,1-4H3,(H,24,30). The number of ether oxygens (including phenoxy) is 1. The highest BCUT2D eigenvalue weighted by Crippen LogP contribution is 2.32. The molecule has 0 aromatic carbocycles. The van der Waals surface area contributed by atoms with Crippen LogP contribution in [0.2, 0.25) is 0 Å². The maximum absolute atomic E-state index is 13.3. The number of nitrogens with one attached hydrogen (secondary N) is 1. The molecule has 4 heterocycles. The van der Waals surface area contributed by atoms with Gasteiger partial charge in [0, 0.05) is 44.1 Å². The molecule has 1 saturated heterocycles. The number of nitrogens with zero attached hydrogens (tertiary/aromatic N) is 5. The van der Waals surface area contributed by atoms with E-state index in [-0.39, 0.29) is 29.7 Å². The fourth-order valence-electron chi connectivity index (χ4n) is 3.74. The number of hydrogen-bond donors (Lipinski definition) is 1. The van der Waals surface area contributed by atoms with E-state index in [2.05, 4.69) is 20.4 Å². The normalized spacial score (nSPS) is 18.0. The van der Waals surface area contributed by atoms with Gasteiger partial charge in [-0.25, -0.2) is 18.7 Å². The third-order valence-electron chi connectivity index (χ3n) is 5.44. The number of carbonyl (C=O) groups excluding carboxylic acids is 1. The molecule has 10 heteroatoms. The summed E-state index contributed by atoms with van der Waals surface area (Å²) in [5.74, 6) is -0.283. The van der Waals surface area contributed by atoms with E-state index in [0.717, 1.165) is 5.56 Å². The smallest absolute Gasteiger partial charge is 0.242 e. The van der Waals surface area contributed by atoms with E-state index < -0.39 is 19.0 Å². The SMILES string of the molecule is Cn1cnc2cc(-c3cnn(C(C)(C)C)c3)nc(OC(CC(F)F)C3CNC(=O)C3)c21. The number of amides is 1. The van der Waals surface area contributed by atoms with Gasteiger partial charge in [0.25, 0.3) is 0 Å². The quantitative estimate of drug-likeness (QED) is 0.647. The Morgan fingerprint density at radius 3 is 2.74 bits per heavy atom. The van der Waals surface area contributed by atoms with Crippen LogP contribution in [0.3, 0.4) is 0 Å². The summed E-state index contributed by atoms with van der Waals surface area (Å²) in [5.41, 5.74) is 2.42. The molecule has 1 N–H and O–H groups in total. The molecule has 1 aliphatic heterocycles. The zero-order valence-electron chi connectivity index (χ0n) is 18.0. The van der Waals surface area contributed by atoms with E-state index >= 15 is 0 Å². The van der Waals surface area contributed by atoms with Crippen LogP contribution in [0, 0.1) is 5.92 Å². The first-order chi connectivity index (χ1) is 14.6. The van der Waals surface area contributed by atoms with Gasteiger partial charge in [-0.15, -0.1) is 0 Å². The number of aryl methyl sites for hydroxylation is 1. The lowest BCUT2D eigenvalue weighted by atomic mass is 9.99. The average molecular weight is 432 g/mol. The first-order valence-corrected chi connectivity index (χ1v) is 10.2. The van der Waals surface area contributed by atoms with Crippen LogP contribution in [-0.2, 0) is 17.4 Å². The van der Waals surface area contributed by atoms with E-state index in [0.29, 0.717) is 23.3 Å². The summed E-state index contributed by atoms with van der Waals surface area (Å²) >= 11 is 0. The Bertz CT molecular complexity index is 1100. The summed E-state index contributed by atoms with van der Waals surface area (Å²) in [7, 11) is 1.80. The van der Waals surface area contributed by atoms with Crippen LogP contribution >= 0.6 is 0 Å². The van der Waals surface area contributed by atoms with Gasteiger partial charge in [0.05, 0.1) is 29.3 Å². The third kappa shape index (κ3) is 4.38. The molecule has 2 atom stereocenters. The van der Waals surface area contributed by atoms with Crippen LogP contribution in [0.15, 0.2) is 24.8 Å². The van der Waals surface area contributed by atoms with Gasteiger partial charge in [-0.2, -0.15) is 5.10 Å². The van der Waals surface area contributed by atoms with Crippen molar-refractivity contribution in [3.8, 4) is 17.1 Å². The highest BCUT2D eigenvalue weighted by molar-refractivity contribution is 5.84. The van der Waals surface area contributed by atoms with Gasteiger partial charge in [-0.3, -0.25) is 9.48 Å². The van der Waals surface area contributed by atoms with Crippen molar-refractivity contribution in [2.24, 2.45) is 13.0 Å². The average Bonchev–Trinajstić information content (AvgIpc) is 3.40. The minimum absolute atomic E-state index is 0.157. The molecular formula is C21H26F2N6O2. The van der Waals surface area contributed by atoms with E-state index in [9.17, 15) is 13.6 Å². The fourth-order valence-corrected chi connectivity index (χ4v) is 3.74. The lowest BCUT2D eigenvalue weighted by molar-refractivity contribution is -0.119. The lowest BCUT2D eigenvalue weighted by Crippen LogP contribution is -2.31. The number of halogens is 2. The Balaban J connectivity index is 1.74. The topological polar surface area (TPSA) is 86.9 Å². The molecule has 2 unspecified atom stereocenters. The van der Waals surface area contributed by atoms with E-state index in [4.69, 9.17) is 4.74 Å². The second-order valence-electron chi connectivity index (χ2n) is 8.93. The Kier molecular flexibility index (Phi) is 5.40. The van der Waals surface area contributed by atoms with E-state index in [1.165, 1.54) is 0 Å². The molecule has 0 bridgehead atoms. The zero-order chi connectivity index (χ0) is 22.3. The van der Waals surface area contributed by atoms with Gasteiger partial charge in [0.1, 0.15) is 11.6 Å². The van der Waals surface area contributed by atoms with Crippen molar-refractivity contribution in [1.82, 2.24) is 29.6 Å². The molecule has 0 spiro atoms. The summed E-state index contributed by atoms with van der Waals surface area (Å²) in [6.45, 7) is 6.43. The second kappa shape index (κ2) is 7.90. The van der Waals surface area contributed by atoms with Gasteiger partial charge < -0.3 is 14.6 Å². The zero-order valence-corrected chi connectivity index (χ0v) is 18.0. The Morgan fingerprint density at radius 2 is 2.13 bits per heavy atom. The van der Waals surface area contributed by atoms with E-state index in [1.54, 1.807) is 24.1 Å². The Morgan fingerprint density at radius 1 is 1.35 bits per heavy atom. The number of alkyl halides is 2. The molecular weight excluding hydrogens is 406 g/mol. The van der Waals surface area contributed by atoms with Crippen molar-refractivity contribution in [2.45, 2.75) is 51.7 Å². The van der Waals surface area contributed by atoms with Crippen LogP contribution in [0.5, 0.6) is 5.88 Å². The third-order valence-corrected chi connectivity index (χ3v) is 5.44. The number of carbonyl (C=O) groups is 1. The van der Waals surface area contributed by atoms with Crippen molar-refractivity contribution in [3.05, 3.63) is 24.8 Å². The van der Waals surface area contributed by atoms with Crippen LogP contribution in [0.1, 0.15) is 33.6 Å². The maximum Gasteiger partial charge on any atom is 0.242 e. The van der Waals surface area contributed by atoms with Gasteiger partial charge in [-0.05, 0) is 26.8 Å². The number of fused-ring (bicyclic) bond motifs is 1. The molecule has 31 heavy (non-hydrogen) atoms. The van der Waals surface area contributed by atoms with Gasteiger partial charge in [0.2, 0.25) is 18.2 Å². The number of pyridine rings is 1. The molecule has 1 amide bonds. The minimum atomic E-state index is -2.56.